The Hall–Kier alpha value is -0.130. The number of sulfonamides is 1. The Morgan fingerprint density at radius 3 is 2.17 bits per heavy atom. The molecule has 0 aromatic rings. The molecule has 0 bridgehead atoms. The minimum Gasteiger partial charge on any atom is -0.314 e. The predicted octanol–water partition coefficient (Wildman–Crippen LogP) is 1.58. The summed E-state index contributed by atoms with van der Waals surface area (Å²) < 4.78 is 26.9. The van der Waals surface area contributed by atoms with Crippen molar-refractivity contribution in [2.24, 2.45) is 5.92 Å². The van der Waals surface area contributed by atoms with Crippen molar-refractivity contribution < 1.29 is 8.42 Å². The van der Waals surface area contributed by atoms with Gasteiger partial charge in [0.1, 0.15) is 0 Å². The average molecular weight is 274 g/mol. The highest BCUT2D eigenvalue weighted by Crippen LogP contribution is 2.27. The summed E-state index contributed by atoms with van der Waals surface area (Å²) in [6, 6.07) is 0.171. The van der Waals surface area contributed by atoms with E-state index >= 15 is 0 Å². The molecule has 0 spiro atoms. The largest absolute Gasteiger partial charge is 0.314 e. The quantitative estimate of drug-likeness (QED) is 0.850. The van der Waals surface area contributed by atoms with Gasteiger partial charge in [-0.1, -0.05) is 19.3 Å². The molecule has 2 atom stereocenters. The van der Waals surface area contributed by atoms with E-state index in [1.165, 1.54) is 19.3 Å². The van der Waals surface area contributed by atoms with Crippen LogP contribution in [0.15, 0.2) is 0 Å². The summed E-state index contributed by atoms with van der Waals surface area (Å²) in [6.07, 6.45) is 5.86. The van der Waals surface area contributed by atoms with E-state index in [4.69, 9.17) is 0 Å². The highest BCUT2D eigenvalue weighted by Gasteiger charge is 2.35. The van der Waals surface area contributed by atoms with Gasteiger partial charge in [-0.05, 0) is 32.6 Å². The van der Waals surface area contributed by atoms with Crippen LogP contribution >= 0.6 is 0 Å². The first-order valence-electron chi connectivity index (χ1n) is 7.22. The van der Waals surface area contributed by atoms with Crippen LogP contribution < -0.4 is 5.32 Å². The fraction of sp³-hybridized carbons (Fsp3) is 1.00. The van der Waals surface area contributed by atoms with Crippen LogP contribution in [0.2, 0.25) is 0 Å². The van der Waals surface area contributed by atoms with Crippen LogP contribution in [-0.4, -0.2) is 43.6 Å². The summed E-state index contributed by atoms with van der Waals surface area (Å²) in [5.74, 6) is 0.750. The first kappa shape index (κ1) is 14.3. The Bertz CT molecular complexity index is 353. The molecule has 2 fully saturated rings. The van der Waals surface area contributed by atoms with E-state index in [0.29, 0.717) is 11.7 Å². The van der Waals surface area contributed by atoms with Gasteiger partial charge in [-0.25, -0.2) is 8.42 Å². The number of hydrogen-bond donors (Lipinski definition) is 1. The third-order valence-electron chi connectivity index (χ3n) is 4.24. The van der Waals surface area contributed by atoms with Crippen LogP contribution in [0.25, 0.3) is 0 Å². The van der Waals surface area contributed by atoms with Gasteiger partial charge < -0.3 is 5.32 Å². The van der Waals surface area contributed by atoms with Gasteiger partial charge >= 0.3 is 0 Å². The molecular formula is C13H26N2O2S. The van der Waals surface area contributed by atoms with Crippen LogP contribution in [0.3, 0.4) is 0 Å². The molecule has 2 aliphatic rings. The fourth-order valence-corrected chi connectivity index (χ4v) is 5.75. The highest BCUT2D eigenvalue weighted by molar-refractivity contribution is 7.89. The lowest BCUT2D eigenvalue weighted by molar-refractivity contribution is 0.217. The molecule has 2 unspecified atom stereocenters. The SMILES string of the molecule is CC1CNCC(C)N1S(=O)(=O)CC1CCCCC1. The maximum Gasteiger partial charge on any atom is 0.214 e. The Labute approximate surface area is 111 Å². The van der Waals surface area contributed by atoms with Gasteiger partial charge in [0, 0.05) is 25.2 Å². The first-order chi connectivity index (χ1) is 8.50. The van der Waals surface area contributed by atoms with Crippen molar-refractivity contribution in [1.29, 1.82) is 0 Å². The molecule has 0 aromatic heterocycles. The van der Waals surface area contributed by atoms with Gasteiger partial charge in [0.25, 0.3) is 0 Å². The molecule has 1 saturated carbocycles. The van der Waals surface area contributed by atoms with E-state index in [0.717, 1.165) is 25.9 Å². The molecule has 1 aliphatic heterocycles. The number of nitrogens with zero attached hydrogens (tertiary/aromatic N) is 1. The number of nitrogens with one attached hydrogen (secondary N) is 1. The summed E-state index contributed by atoms with van der Waals surface area (Å²) in [5, 5.41) is 3.28. The zero-order valence-electron chi connectivity index (χ0n) is 11.6. The first-order valence-corrected chi connectivity index (χ1v) is 8.83. The Balaban J connectivity index is 2.04. The molecule has 0 amide bonds. The number of piperazine rings is 1. The minimum atomic E-state index is -3.09. The third kappa shape index (κ3) is 3.25. The van der Waals surface area contributed by atoms with Crippen LogP contribution in [0.4, 0.5) is 0 Å². The van der Waals surface area contributed by atoms with E-state index in [1.807, 2.05) is 13.8 Å². The summed E-state index contributed by atoms with van der Waals surface area (Å²) in [6.45, 7) is 5.55. The average Bonchev–Trinajstić information content (AvgIpc) is 2.28. The lowest BCUT2D eigenvalue weighted by Crippen LogP contribution is -2.58. The molecule has 1 N–H and O–H groups in total. The number of hydrogen-bond acceptors (Lipinski definition) is 3. The van der Waals surface area contributed by atoms with Gasteiger partial charge in [0.05, 0.1) is 5.75 Å². The lowest BCUT2D eigenvalue weighted by Gasteiger charge is -2.39. The zero-order chi connectivity index (χ0) is 13.2. The molecule has 0 radical (unpaired) electrons. The highest BCUT2D eigenvalue weighted by atomic mass is 32.2. The van der Waals surface area contributed by atoms with Crippen molar-refractivity contribution in [3.63, 3.8) is 0 Å². The summed E-state index contributed by atoms with van der Waals surface area (Å²) in [4.78, 5) is 0. The maximum absolute atomic E-state index is 12.6. The topological polar surface area (TPSA) is 49.4 Å². The molecule has 4 nitrogen and oxygen atoms in total. The van der Waals surface area contributed by atoms with E-state index in [9.17, 15) is 8.42 Å². The van der Waals surface area contributed by atoms with Gasteiger partial charge in [-0.2, -0.15) is 4.31 Å². The van der Waals surface area contributed by atoms with E-state index < -0.39 is 10.0 Å². The van der Waals surface area contributed by atoms with Crippen molar-refractivity contribution in [2.75, 3.05) is 18.8 Å². The van der Waals surface area contributed by atoms with Gasteiger partial charge in [-0.15, -0.1) is 0 Å². The normalized spacial score (nSPS) is 32.6. The van der Waals surface area contributed by atoms with Gasteiger partial charge in [-0.3, -0.25) is 0 Å². The summed E-state index contributed by atoms with van der Waals surface area (Å²) in [5.41, 5.74) is 0. The Morgan fingerprint density at radius 2 is 1.61 bits per heavy atom. The fourth-order valence-electron chi connectivity index (χ4n) is 3.40. The molecule has 1 saturated heterocycles. The summed E-state index contributed by atoms with van der Waals surface area (Å²) in [7, 11) is -3.09. The van der Waals surface area contributed by atoms with E-state index in [1.54, 1.807) is 4.31 Å². The molecule has 1 heterocycles. The van der Waals surface area contributed by atoms with Crippen molar-refractivity contribution in [2.45, 2.75) is 58.0 Å². The van der Waals surface area contributed by atoms with Crippen LogP contribution in [-0.2, 0) is 10.0 Å². The second kappa shape index (κ2) is 5.88. The molecule has 0 aromatic carbocycles. The van der Waals surface area contributed by atoms with Crippen molar-refractivity contribution in [3.8, 4) is 0 Å². The van der Waals surface area contributed by atoms with E-state index in [2.05, 4.69) is 5.32 Å². The van der Waals surface area contributed by atoms with Crippen molar-refractivity contribution >= 4 is 10.0 Å². The van der Waals surface area contributed by atoms with Crippen LogP contribution in [0.5, 0.6) is 0 Å². The molecular weight excluding hydrogens is 248 g/mol. The second-order valence-corrected chi connectivity index (χ2v) is 7.89. The molecule has 1 aliphatic carbocycles. The van der Waals surface area contributed by atoms with Gasteiger partial charge in [0.2, 0.25) is 10.0 Å². The smallest absolute Gasteiger partial charge is 0.214 e. The predicted molar refractivity (Wildman–Crippen MR) is 74.0 cm³/mol. The Morgan fingerprint density at radius 1 is 1.06 bits per heavy atom. The number of rotatable bonds is 3. The lowest BCUT2D eigenvalue weighted by atomic mass is 9.91. The monoisotopic (exact) mass is 274 g/mol. The minimum absolute atomic E-state index is 0.0855. The maximum atomic E-state index is 12.6. The molecule has 106 valence electrons. The third-order valence-corrected chi connectivity index (χ3v) is 6.50. The van der Waals surface area contributed by atoms with Crippen molar-refractivity contribution in [1.82, 2.24) is 9.62 Å². The standard InChI is InChI=1S/C13H26N2O2S/c1-11-8-14-9-12(2)15(11)18(16,17)10-13-6-4-3-5-7-13/h11-14H,3-10H2,1-2H3. The zero-order valence-corrected chi connectivity index (χ0v) is 12.4. The van der Waals surface area contributed by atoms with Crippen molar-refractivity contribution in [3.05, 3.63) is 0 Å². The Kier molecular flexibility index (Phi) is 4.67. The molecule has 18 heavy (non-hydrogen) atoms. The molecule has 5 heteroatoms. The van der Waals surface area contributed by atoms with E-state index in [-0.39, 0.29) is 12.1 Å². The van der Waals surface area contributed by atoms with Gasteiger partial charge in [0.15, 0.2) is 0 Å². The van der Waals surface area contributed by atoms with Crippen LogP contribution in [0.1, 0.15) is 46.0 Å². The summed E-state index contributed by atoms with van der Waals surface area (Å²) >= 11 is 0. The molecule has 2 rings (SSSR count). The second-order valence-electron chi connectivity index (χ2n) is 5.97. The van der Waals surface area contributed by atoms with Crippen LogP contribution in [0, 0.1) is 5.92 Å².